The maximum atomic E-state index is 5.79. The molecule has 0 aliphatic carbocycles. The fraction of sp³-hybridized carbons (Fsp3) is 0.153. The van der Waals surface area contributed by atoms with Gasteiger partial charge in [-0.05, 0) is 73.8 Å². The molecule has 0 unspecified atom stereocenters. The van der Waals surface area contributed by atoms with Crippen molar-refractivity contribution in [2.45, 2.75) is 58.8 Å². The van der Waals surface area contributed by atoms with Crippen LogP contribution in [0.25, 0.3) is 83.3 Å². The summed E-state index contributed by atoms with van der Waals surface area (Å²) in [6.07, 6.45) is 8.11. The minimum absolute atomic E-state index is 0. The summed E-state index contributed by atoms with van der Waals surface area (Å²) in [7, 11) is 0. The van der Waals surface area contributed by atoms with Crippen LogP contribution in [-0.2, 0) is 38.3 Å². The third-order valence-electron chi connectivity index (χ3n) is 12.6. The largest absolute Gasteiger partial charge is 0.464 e. The number of pyridine rings is 1. The molecule has 0 spiro atoms. The summed E-state index contributed by atoms with van der Waals surface area (Å²) in [6.45, 7) is 13.7. The molecule has 7 aromatic carbocycles. The van der Waals surface area contributed by atoms with Crippen LogP contribution in [0, 0.1) is 18.5 Å². The molecule has 5 nitrogen and oxygen atoms in total. The Kier molecular flexibility index (Phi) is 10.6. The van der Waals surface area contributed by atoms with Gasteiger partial charge < -0.3 is 13.6 Å². The number of fused-ring (bicyclic) bond motifs is 5. The zero-order chi connectivity index (χ0) is 43.7. The number of nitrogens with zero attached hydrogens (tertiary/aromatic N) is 4. The van der Waals surface area contributed by atoms with Gasteiger partial charge in [-0.15, -0.1) is 5.39 Å². The average molecular weight is 1020 g/mol. The Hall–Kier alpha value is -6.81. The molecule has 4 heterocycles. The predicted molar refractivity (Wildman–Crippen MR) is 261 cm³/mol. The summed E-state index contributed by atoms with van der Waals surface area (Å²) < 4.78 is 12.4. The summed E-state index contributed by atoms with van der Waals surface area (Å²) in [5, 5.41) is 3.27. The van der Waals surface area contributed by atoms with Crippen molar-refractivity contribution in [2.75, 3.05) is 0 Å². The molecular formula is C59H48N4OPt-2. The van der Waals surface area contributed by atoms with E-state index in [2.05, 4.69) is 219 Å². The maximum Gasteiger partial charge on any atom is 0.268 e. The van der Waals surface area contributed by atoms with E-state index in [1.54, 1.807) is 6.26 Å². The number of hydrogen-bond donors (Lipinski definition) is 0. The van der Waals surface area contributed by atoms with Gasteiger partial charge in [0.05, 0.1) is 23.0 Å². The van der Waals surface area contributed by atoms with E-state index >= 15 is 0 Å². The Balaban J connectivity index is 0.00000498. The van der Waals surface area contributed by atoms with Crippen LogP contribution in [0.5, 0.6) is 0 Å². The van der Waals surface area contributed by atoms with E-state index in [0.717, 1.165) is 88.8 Å². The van der Waals surface area contributed by atoms with Gasteiger partial charge in [-0.2, -0.15) is 53.6 Å². The summed E-state index contributed by atoms with van der Waals surface area (Å²) in [5.74, 6) is 0.799. The second-order valence-corrected chi connectivity index (χ2v) is 18.9. The van der Waals surface area contributed by atoms with Crippen molar-refractivity contribution >= 4 is 43.8 Å². The molecule has 0 radical (unpaired) electrons. The van der Waals surface area contributed by atoms with Crippen LogP contribution < -0.4 is 4.57 Å². The first-order valence-electron chi connectivity index (χ1n) is 22.1. The van der Waals surface area contributed by atoms with Gasteiger partial charge >= 0.3 is 0 Å². The van der Waals surface area contributed by atoms with Crippen molar-refractivity contribution in [2.24, 2.45) is 0 Å². The molecule has 0 N–H and O–H groups in total. The van der Waals surface area contributed by atoms with Crippen molar-refractivity contribution in [3.8, 4) is 39.4 Å². The van der Waals surface area contributed by atoms with Gasteiger partial charge in [0.25, 0.3) is 6.33 Å². The number of para-hydroxylation sites is 4. The van der Waals surface area contributed by atoms with Crippen molar-refractivity contribution in [1.82, 2.24) is 14.1 Å². The summed E-state index contributed by atoms with van der Waals surface area (Å²) in [6, 6.07) is 64.2. The van der Waals surface area contributed by atoms with Gasteiger partial charge in [-0.25, -0.2) is 4.98 Å². The zero-order valence-electron chi connectivity index (χ0n) is 37.4. The van der Waals surface area contributed by atoms with Crippen LogP contribution >= 0.6 is 0 Å². The van der Waals surface area contributed by atoms with Crippen molar-refractivity contribution < 1.29 is 30.0 Å². The number of imidazole rings is 1. The first kappa shape index (κ1) is 42.2. The van der Waals surface area contributed by atoms with Crippen LogP contribution in [0.4, 0.5) is 0 Å². The number of benzene rings is 7. The minimum Gasteiger partial charge on any atom is -0.464 e. The monoisotopic (exact) mass is 1020 g/mol. The smallest absolute Gasteiger partial charge is 0.268 e. The standard InChI is InChI=1S/C59H48N4O.Pt/c1-58(2,3)43-28-26-41(27-29-43)45-19-14-20-49(46-17-7-9-21-50(46)59(4,5)6)57(45)62-38-61(52-23-11-12-24-53(52)62)44-16-13-15-39(34-44)33-40-25-30-48-47-18-8-10-22-51(47)63(54(48)35-40)56-36-55-42(37-60-56)31-32-64-55;/h7-32,36-37H,33H2,1-6H3;/q-2;. The molecule has 11 aromatic rings. The van der Waals surface area contributed by atoms with E-state index in [-0.39, 0.29) is 31.9 Å². The Morgan fingerprint density at radius 3 is 2.14 bits per heavy atom. The van der Waals surface area contributed by atoms with Gasteiger partial charge in [0.1, 0.15) is 11.4 Å². The number of rotatable bonds is 7. The topological polar surface area (TPSA) is 39.8 Å². The fourth-order valence-corrected chi connectivity index (χ4v) is 9.35. The van der Waals surface area contributed by atoms with Crippen LogP contribution in [0.1, 0.15) is 63.8 Å². The molecule has 0 atom stereocenters. The van der Waals surface area contributed by atoms with Gasteiger partial charge in [-0.1, -0.05) is 156 Å². The molecule has 11 rings (SSSR count). The SMILES string of the molecule is CC(C)(C)c1ccc(-c2cccc(-c3ccccc3C(C)(C)C)c2-[n+]2[c-]n(-c3[c-]c(Cc4[c-]c5c(cc4)c4ccccc4n5-c4cc5occc5cn4)ccc3)c3ccccc32)cc1.[Pt]. The third kappa shape index (κ3) is 7.52. The van der Waals surface area contributed by atoms with Gasteiger partial charge in [0.15, 0.2) is 0 Å². The summed E-state index contributed by atoms with van der Waals surface area (Å²) >= 11 is 0. The maximum absolute atomic E-state index is 5.79. The van der Waals surface area contributed by atoms with Gasteiger partial charge in [0.2, 0.25) is 0 Å². The minimum atomic E-state index is -0.0698. The molecule has 322 valence electrons. The Morgan fingerprint density at radius 2 is 1.32 bits per heavy atom. The second-order valence-electron chi connectivity index (χ2n) is 18.9. The van der Waals surface area contributed by atoms with E-state index in [9.17, 15) is 0 Å². The first-order valence-corrected chi connectivity index (χ1v) is 22.1. The first-order chi connectivity index (χ1) is 31.0. The van der Waals surface area contributed by atoms with Crippen LogP contribution in [0.15, 0.2) is 175 Å². The van der Waals surface area contributed by atoms with Gasteiger partial charge in [0, 0.05) is 44.2 Å². The second kappa shape index (κ2) is 16.3. The normalized spacial score (nSPS) is 12.1. The Labute approximate surface area is 394 Å². The van der Waals surface area contributed by atoms with Crippen molar-refractivity contribution in [3.63, 3.8) is 0 Å². The number of furan rings is 1. The fourth-order valence-electron chi connectivity index (χ4n) is 9.35. The van der Waals surface area contributed by atoms with Gasteiger partial charge in [-0.3, -0.25) is 4.57 Å². The van der Waals surface area contributed by atoms with E-state index in [1.807, 2.05) is 18.3 Å². The molecule has 0 aliphatic rings. The molecule has 4 aromatic heterocycles. The van der Waals surface area contributed by atoms with Crippen LogP contribution in [-0.4, -0.2) is 14.1 Å². The molecule has 0 fully saturated rings. The molecular weight excluding hydrogens is 976 g/mol. The van der Waals surface area contributed by atoms with E-state index in [1.165, 1.54) is 16.7 Å². The van der Waals surface area contributed by atoms with Crippen LogP contribution in [0.2, 0.25) is 0 Å². The molecule has 0 aliphatic heterocycles. The van der Waals surface area contributed by atoms with E-state index in [4.69, 9.17) is 9.40 Å². The third-order valence-corrected chi connectivity index (χ3v) is 12.6. The average Bonchev–Trinajstić information content (AvgIpc) is 4.02. The molecule has 65 heavy (non-hydrogen) atoms. The van der Waals surface area contributed by atoms with Crippen LogP contribution in [0.3, 0.4) is 0 Å². The molecule has 0 bridgehead atoms. The molecule has 0 saturated heterocycles. The summed E-state index contributed by atoms with van der Waals surface area (Å²) in [5.41, 5.74) is 16.4. The van der Waals surface area contributed by atoms with Crippen molar-refractivity contribution in [3.05, 3.63) is 211 Å². The number of aromatic nitrogens is 4. The Bertz CT molecular complexity index is 3560. The van der Waals surface area contributed by atoms with E-state index in [0.29, 0.717) is 6.42 Å². The Morgan fingerprint density at radius 1 is 0.615 bits per heavy atom. The quantitative estimate of drug-likeness (QED) is 0.118. The zero-order valence-corrected chi connectivity index (χ0v) is 39.7. The van der Waals surface area contributed by atoms with Crippen molar-refractivity contribution in [1.29, 1.82) is 0 Å². The molecule has 0 amide bonds. The van der Waals surface area contributed by atoms with E-state index < -0.39 is 0 Å². The number of hydrogen-bond acceptors (Lipinski definition) is 2. The molecule has 6 heteroatoms. The predicted octanol–water partition coefficient (Wildman–Crippen LogP) is 14.1. The summed E-state index contributed by atoms with van der Waals surface area (Å²) in [4.78, 5) is 4.87. The molecule has 0 saturated carbocycles.